The molecule has 2 rings (SSSR count). The molecule has 0 amide bonds. The van der Waals surface area contributed by atoms with Crippen molar-refractivity contribution in [2.24, 2.45) is 11.7 Å². The smallest absolute Gasteiger partial charge is 0.0636 e. The average Bonchev–Trinajstić information content (AvgIpc) is 2.68. The van der Waals surface area contributed by atoms with Gasteiger partial charge in [-0.25, -0.2) is 0 Å². The molecule has 2 fully saturated rings. The van der Waals surface area contributed by atoms with E-state index in [-0.39, 0.29) is 0 Å². The van der Waals surface area contributed by atoms with E-state index < -0.39 is 0 Å². The summed E-state index contributed by atoms with van der Waals surface area (Å²) < 4.78 is 5.54. The van der Waals surface area contributed by atoms with Crippen molar-refractivity contribution in [2.75, 3.05) is 26.3 Å². The van der Waals surface area contributed by atoms with Crippen molar-refractivity contribution in [1.29, 1.82) is 0 Å². The van der Waals surface area contributed by atoms with Gasteiger partial charge in [0, 0.05) is 25.2 Å². The fraction of sp³-hybridized carbons (Fsp3) is 1.00. The van der Waals surface area contributed by atoms with Gasteiger partial charge < -0.3 is 10.5 Å². The Hall–Kier alpha value is -0.120. The summed E-state index contributed by atoms with van der Waals surface area (Å²) in [6.07, 6.45) is 5.07. The topological polar surface area (TPSA) is 38.5 Å². The van der Waals surface area contributed by atoms with Gasteiger partial charge in [0.05, 0.1) is 6.61 Å². The summed E-state index contributed by atoms with van der Waals surface area (Å²) in [5, 5.41) is 0. The molecule has 0 bridgehead atoms. The molecule has 88 valence electrons. The van der Waals surface area contributed by atoms with Crippen molar-refractivity contribution in [1.82, 2.24) is 4.90 Å². The van der Waals surface area contributed by atoms with Crippen molar-refractivity contribution in [3.8, 4) is 0 Å². The van der Waals surface area contributed by atoms with Gasteiger partial charge >= 0.3 is 0 Å². The van der Waals surface area contributed by atoms with Crippen LogP contribution in [0.5, 0.6) is 0 Å². The minimum atomic E-state index is 0.333. The molecule has 2 aliphatic rings. The van der Waals surface area contributed by atoms with Crippen molar-refractivity contribution in [3.05, 3.63) is 0 Å². The Balaban J connectivity index is 1.83. The molecular formula is C12H24N2O. The Labute approximate surface area is 93.0 Å². The third kappa shape index (κ3) is 2.71. The van der Waals surface area contributed by atoms with Gasteiger partial charge in [-0.05, 0) is 31.7 Å². The lowest BCUT2D eigenvalue weighted by molar-refractivity contribution is 0.0131. The van der Waals surface area contributed by atoms with Crippen molar-refractivity contribution in [3.63, 3.8) is 0 Å². The van der Waals surface area contributed by atoms with E-state index in [9.17, 15) is 0 Å². The second kappa shape index (κ2) is 5.28. The first-order valence-corrected chi connectivity index (χ1v) is 6.38. The summed E-state index contributed by atoms with van der Waals surface area (Å²) in [6.45, 7) is 6.45. The largest absolute Gasteiger partial charge is 0.380 e. The Morgan fingerprint density at radius 3 is 3.00 bits per heavy atom. The first kappa shape index (κ1) is 11.4. The van der Waals surface area contributed by atoms with Crippen LogP contribution in [-0.2, 0) is 4.74 Å². The van der Waals surface area contributed by atoms with E-state index in [1.807, 2.05) is 0 Å². The molecule has 0 radical (unpaired) electrons. The van der Waals surface area contributed by atoms with Crippen LogP contribution < -0.4 is 5.73 Å². The second-order valence-corrected chi connectivity index (χ2v) is 5.03. The van der Waals surface area contributed by atoms with Gasteiger partial charge in [-0.3, -0.25) is 4.90 Å². The fourth-order valence-electron chi connectivity index (χ4n) is 2.92. The molecule has 0 aliphatic carbocycles. The quantitative estimate of drug-likeness (QED) is 0.764. The molecule has 0 aromatic heterocycles. The van der Waals surface area contributed by atoms with Gasteiger partial charge in [0.25, 0.3) is 0 Å². The lowest BCUT2D eigenvalue weighted by Gasteiger charge is -2.35. The van der Waals surface area contributed by atoms with Crippen molar-refractivity contribution >= 4 is 0 Å². The minimum absolute atomic E-state index is 0.333. The lowest BCUT2D eigenvalue weighted by atomic mass is 10.0. The van der Waals surface area contributed by atoms with Crippen LogP contribution in [-0.4, -0.2) is 43.3 Å². The summed E-state index contributed by atoms with van der Waals surface area (Å²) in [6, 6.07) is 0.819. The standard InChI is InChI=1S/C12H24N2O/c1-2-3-10-4-6-14(8-10)12-9-15-7-5-11(12)13/h10-12H,2-9,13H2,1H3. The molecule has 2 N–H and O–H groups in total. The second-order valence-electron chi connectivity index (χ2n) is 5.03. The van der Waals surface area contributed by atoms with Crippen LogP contribution >= 0.6 is 0 Å². The monoisotopic (exact) mass is 212 g/mol. The summed E-state index contributed by atoms with van der Waals surface area (Å²) in [5.74, 6) is 0.907. The van der Waals surface area contributed by atoms with Gasteiger partial charge in [-0.1, -0.05) is 13.3 Å². The molecule has 0 aromatic rings. The fourth-order valence-corrected chi connectivity index (χ4v) is 2.92. The predicted octanol–water partition coefficient (Wildman–Crippen LogP) is 1.22. The molecule has 2 saturated heterocycles. The predicted molar refractivity (Wildman–Crippen MR) is 61.8 cm³/mol. The van der Waals surface area contributed by atoms with Crippen LogP contribution in [0.2, 0.25) is 0 Å². The zero-order chi connectivity index (χ0) is 10.7. The SMILES string of the molecule is CCCC1CCN(C2COCCC2N)C1. The highest BCUT2D eigenvalue weighted by Gasteiger charge is 2.32. The number of nitrogens with zero attached hydrogens (tertiary/aromatic N) is 1. The van der Waals surface area contributed by atoms with Gasteiger partial charge in [0.1, 0.15) is 0 Å². The Kier molecular flexibility index (Phi) is 4.00. The molecular weight excluding hydrogens is 188 g/mol. The molecule has 3 heteroatoms. The number of hydrogen-bond acceptors (Lipinski definition) is 3. The zero-order valence-electron chi connectivity index (χ0n) is 9.82. The summed E-state index contributed by atoms with van der Waals surface area (Å²) >= 11 is 0. The van der Waals surface area contributed by atoms with Crippen LogP contribution in [0.1, 0.15) is 32.6 Å². The summed E-state index contributed by atoms with van der Waals surface area (Å²) in [7, 11) is 0. The highest BCUT2D eigenvalue weighted by molar-refractivity contribution is 4.89. The number of hydrogen-bond donors (Lipinski definition) is 1. The molecule has 3 nitrogen and oxygen atoms in total. The molecule has 0 aromatic carbocycles. The van der Waals surface area contributed by atoms with E-state index in [4.69, 9.17) is 10.5 Å². The molecule has 0 saturated carbocycles. The lowest BCUT2D eigenvalue weighted by Crippen LogP contribution is -2.52. The number of nitrogens with two attached hydrogens (primary N) is 1. The molecule has 3 atom stereocenters. The molecule has 15 heavy (non-hydrogen) atoms. The van der Waals surface area contributed by atoms with Crippen molar-refractivity contribution in [2.45, 2.75) is 44.7 Å². The number of likely N-dealkylation sites (tertiary alicyclic amines) is 1. The van der Waals surface area contributed by atoms with Crippen LogP contribution in [0.4, 0.5) is 0 Å². The third-order valence-electron chi connectivity index (χ3n) is 3.86. The maximum Gasteiger partial charge on any atom is 0.0636 e. The normalized spacial score (nSPS) is 38.4. The highest BCUT2D eigenvalue weighted by atomic mass is 16.5. The Morgan fingerprint density at radius 2 is 2.27 bits per heavy atom. The third-order valence-corrected chi connectivity index (χ3v) is 3.86. The molecule has 0 spiro atoms. The van der Waals surface area contributed by atoms with Gasteiger partial charge in [-0.15, -0.1) is 0 Å². The van der Waals surface area contributed by atoms with E-state index in [1.54, 1.807) is 0 Å². The van der Waals surface area contributed by atoms with Gasteiger partial charge in [-0.2, -0.15) is 0 Å². The van der Waals surface area contributed by atoms with E-state index >= 15 is 0 Å². The van der Waals surface area contributed by atoms with Crippen LogP contribution in [0, 0.1) is 5.92 Å². The van der Waals surface area contributed by atoms with Crippen molar-refractivity contribution < 1.29 is 4.74 Å². The number of ether oxygens (including phenoxy) is 1. The van der Waals surface area contributed by atoms with Crippen LogP contribution in [0.15, 0.2) is 0 Å². The Morgan fingerprint density at radius 1 is 1.40 bits per heavy atom. The van der Waals surface area contributed by atoms with Crippen LogP contribution in [0.3, 0.4) is 0 Å². The Bertz CT molecular complexity index is 198. The maximum atomic E-state index is 6.16. The van der Waals surface area contributed by atoms with Gasteiger partial charge in [0.2, 0.25) is 0 Å². The maximum absolute atomic E-state index is 6.16. The van der Waals surface area contributed by atoms with Gasteiger partial charge in [0.15, 0.2) is 0 Å². The molecule has 2 aliphatic heterocycles. The first-order chi connectivity index (χ1) is 7.31. The van der Waals surface area contributed by atoms with E-state index in [2.05, 4.69) is 11.8 Å². The average molecular weight is 212 g/mol. The summed E-state index contributed by atoms with van der Waals surface area (Å²) in [5.41, 5.74) is 6.16. The van der Waals surface area contributed by atoms with E-state index in [0.717, 1.165) is 25.6 Å². The number of rotatable bonds is 3. The molecule has 2 heterocycles. The zero-order valence-corrected chi connectivity index (χ0v) is 9.82. The summed E-state index contributed by atoms with van der Waals surface area (Å²) in [4.78, 5) is 2.56. The van der Waals surface area contributed by atoms with E-state index in [0.29, 0.717) is 12.1 Å². The highest BCUT2D eigenvalue weighted by Crippen LogP contribution is 2.25. The molecule has 3 unspecified atom stereocenters. The van der Waals surface area contributed by atoms with E-state index in [1.165, 1.54) is 32.4 Å². The first-order valence-electron chi connectivity index (χ1n) is 6.38. The minimum Gasteiger partial charge on any atom is -0.380 e. The van der Waals surface area contributed by atoms with Crippen LogP contribution in [0.25, 0.3) is 0 Å².